The molecule has 0 saturated heterocycles. The minimum absolute atomic E-state index is 0.699. The Bertz CT molecular complexity index is 1310. The van der Waals surface area contributed by atoms with Gasteiger partial charge in [0.25, 0.3) is 0 Å². The summed E-state index contributed by atoms with van der Waals surface area (Å²) in [6.45, 7) is 2.03. The molecule has 0 amide bonds. The fourth-order valence-electron chi connectivity index (χ4n) is 3.21. The second-order valence-electron chi connectivity index (χ2n) is 6.80. The minimum atomic E-state index is 0.699. The van der Waals surface area contributed by atoms with Crippen LogP contribution in [0.15, 0.2) is 98.6 Å². The van der Waals surface area contributed by atoms with Gasteiger partial charge in [0.15, 0.2) is 5.49 Å². The summed E-state index contributed by atoms with van der Waals surface area (Å²) in [5.74, 6) is 0. The van der Waals surface area contributed by atoms with Crippen LogP contribution in [0.3, 0.4) is 0 Å². The van der Waals surface area contributed by atoms with Crippen LogP contribution in [0.5, 0.6) is 0 Å². The quantitative estimate of drug-likeness (QED) is 0.302. The molecule has 3 aromatic carbocycles. The molecule has 0 spiro atoms. The Morgan fingerprint density at radius 3 is 2.09 bits per heavy atom. The van der Waals surface area contributed by atoms with Gasteiger partial charge in [-0.25, -0.2) is 9.67 Å². The number of aromatic nitrogens is 2. The molecule has 5 nitrogen and oxygen atoms in total. The first kappa shape index (κ1) is 23.8. The second kappa shape index (κ2) is 11.2. The van der Waals surface area contributed by atoms with Crippen molar-refractivity contribution in [3.05, 3.63) is 95.6 Å². The van der Waals surface area contributed by atoms with Crippen LogP contribution >= 0.6 is 0 Å². The molecule has 0 radical (unpaired) electrons. The monoisotopic (exact) mass is 495 g/mol. The van der Waals surface area contributed by atoms with Gasteiger partial charge in [-0.3, -0.25) is 9.67 Å². The first-order chi connectivity index (χ1) is 15.6. The summed E-state index contributed by atoms with van der Waals surface area (Å²) in [6.07, 6.45) is 1.80. The van der Waals surface area contributed by atoms with Crippen molar-refractivity contribution in [1.82, 2.24) is 9.36 Å². The summed E-state index contributed by atoms with van der Waals surface area (Å²) in [4.78, 5) is 11.2. The van der Waals surface area contributed by atoms with Crippen molar-refractivity contribution in [2.24, 2.45) is 17.0 Å². The van der Waals surface area contributed by atoms with E-state index in [0.29, 0.717) is 4.90 Å². The zero-order valence-electron chi connectivity index (χ0n) is 17.5. The zero-order valence-corrected chi connectivity index (χ0v) is 20.6. The van der Waals surface area contributed by atoms with Crippen LogP contribution in [0.25, 0.3) is 5.69 Å². The van der Waals surface area contributed by atoms with Crippen molar-refractivity contribution in [3.63, 3.8) is 0 Å². The first-order valence-electron chi connectivity index (χ1n) is 9.69. The van der Waals surface area contributed by atoms with E-state index >= 15 is 0 Å². The van der Waals surface area contributed by atoms with Crippen LogP contribution in [0.2, 0.25) is 0 Å². The molecule has 4 rings (SSSR count). The Hall–Kier alpha value is -2.84. The van der Waals surface area contributed by atoms with Crippen LogP contribution in [0.1, 0.15) is 11.3 Å². The number of rotatable bonds is 4. The molecule has 0 N–H and O–H groups in total. The molecule has 0 aliphatic carbocycles. The van der Waals surface area contributed by atoms with Crippen LogP contribution < -0.4 is 5.49 Å². The van der Waals surface area contributed by atoms with E-state index in [1.165, 1.54) is 0 Å². The molecule has 0 fully saturated rings. The molecule has 0 atom stereocenters. The van der Waals surface area contributed by atoms with Crippen molar-refractivity contribution in [2.45, 2.75) is 16.7 Å². The Morgan fingerprint density at radius 2 is 1.44 bits per heavy atom. The van der Waals surface area contributed by atoms with Gasteiger partial charge in [-0.2, -0.15) is 4.90 Å². The molecule has 1 heterocycles. The van der Waals surface area contributed by atoms with E-state index in [-0.39, 0.29) is 0 Å². The predicted molar refractivity (Wildman–Crippen MR) is 127 cm³/mol. The van der Waals surface area contributed by atoms with Crippen molar-refractivity contribution in [1.29, 1.82) is 0 Å². The van der Waals surface area contributed by atoms with Gasteiger partial charge in [0.1, 0.15) is 5.69 Å². The van der Waals surface area contributed by atoms with Gasteiger partial charge in [-0.15, -0.1) is 4.90 Å². The first-order valence-corrected chi connectivity index (χ1v) is 11.1. The second-order valence-corrected chi connectivity index (χ2v) is 7.68. The molecule has 0 aliphatic heterocycles. The molecule has 4 aromatic rings. The molecule has 159 valence electrons. The fourth-order valence-corrected chi connectivity index (χ4v) is 3.60. The third-order valence-corrected chi connectivity index (χ3v) is 5.60. The molecule has 0 saturated carbocycles. The summed E-state index contributed by atoms with van der Waals surface area (Å²) in [5, 5.41) is 0. The van der Waals surface area contributed by atoms with E-state index in [4.69, 9.17) is 38.9 Å². The Morgan fingerprint density at radius 1 is 0.844 bits per heavy atom. The number of aliphatic imine (C=N–C) groups is 1. The Labute approximate surface area is 207 Å². The summed E-state index contributed by atoms with van der Waals surface area (Å²) >= 11 is 12.0. The van der Waals surface area contributed by atoms with E-state index < -0.39 is 0 Å². The summed E-state index contributed by atoms with van der Waals surface area (Å²) < 4.78 is 12.3. The number of hydrogen-bond acceptors (Lipinski definition) is 5. The van der Waals surface area contributed by atoms with Gasteiger partial charge in [0.05, 0.1) is 11.4 Å². The van der Waals surface area contributed by atoms with Gasteiger partial charge >= 0.3 is 21.0 Å². The van der Waals surface area contributed by atoms with E-state index in [0.717, 1.165) is 56.1 Å². The molecular formula is C24H20N4OS2V. The van der Waals surface area contributed by atoms with Gasteiger partial charge in [-0.05, 0) is 30.7 Å². The van der Waals surface area contributed by atoms with E-state index in [2.05, 4.69) is 0 Å². The van der Waals surface area contributed by atoms with Gasteiger partial charge < -0.3 is 25.3 Å². The maximum absolute atomic E-state index is 8.19. The molecule has 0 bridgehead atoms. The van der Waals surface area contributed by atoms with E-state index in [1.54, 1.807) is 6.21 Å². The van der Waals surface area contributed by atoms with Crippen molar-refractivity contribution in [3.8, 4) is 5.69 Å². The number of nitrogens with zero attached hydrogens (tertiary/aromatic N) is 4. The standard InChI is InChI=1S/C24H22N4S2.O.V/c1-17-23(25-16-18-10-6-8-14-21(18)29)24(26-20-13-7-9-15-22(20)30)28(27(17)2)19-11-4-3-5-12-19;;/h3-16,29-30H,1-2H3;;/q;;+2/p-2. The molecule has 32 heavy (non-hydrogen) atoms. The van der Waals surface area contributed by atoms with Crippen LogP contribution in [-0.2, 0) is 53.3 Å². The van der Waals surface area contributed by atoms with Gasteiger partial charge in [0.2, 0.25) is 0 Å². The summed E-state index contributed by atoms with van der Waals surface area (Å²) in [5.41, 5.74) is 5.11. The van der Waals surface area contributed by atoms with Crippen molar-refractivity contribution < 1.29 is 21.0 Å². The topological polar surface area (TPSA) is 51.6 Å². The number of para-hydroxylation sites is 2. The third kappa shape index (κ3) is 5.14. The molecule has 1 aromatic heterocycles. The molecule has 8 heteroatoms. The molecule has 0 aliphatic rings. The third-order valence-electron chi connectivity index (χ3n) is 4.88. The number of hydrogen-bond donors (Lipinski definition) is 0. The zero-order chi connectivity index (χ0) is 23.1. The average Bonchev–Trinajstić information content (AvgIpc) is 3.06. The summed E-state index contributed by atoms with van der Waals surface area (Å²) in [6, 6.07) is 25.5. The van der Waals surface area contributed by atoms with Crippen molar-refractivity contribution >= 4 is 42.8 Å². The van der Waals surface area contributed by atoms with Crippen LogP contribution in [0, 0.1) is 6.92 Å². The number of benzene rings is 3. The SMILES string of the molecule is Cc1c(N=Cc2ccccc2[S-])c(=Nc2ccccc2[S-])n(-c2ccccc2)n1C.[O]=[V+2]. The Kier molecular flexibility index (Phi) is 8.30. The van der Waals surface area contributed by atoms with Crippen LogP contribution in [0.4, 0.5) is 11.4 Å². The van der Waals surface area contributed by atoms with E-state index in [1.807, 2.05) is 102 Å². The molecule has 0 unspecified atom stereocenters. The maximum atomic E-state index is 8.19. The van der Waals surface area contributed by atoms with Crippen LogP contribution in [-0.4, -0.2) is 15.6 Å². The summed E-state index contributed by atoms with van der Waals surface area (Å²) in [7, 11) is 2.00. The molecular weight excluding hydrogens is 475 g/mol. The average molecular weight is 496 g/mol. The van der Waals surface area contributed by atoms with Crippen molar-refractivity contribution in [2.75, 3.05) is 0 Å². The normalized spacial score (nSPS) is 11.4. The van der Waals surface area contributed by atoms with E-state index in [9.17, 15) is 0 Å². The van der Waals surface area contributed by atoms with Gasteiger partial charge in [0, 0.05) is 18.9 Å². The fraction of sp³-hybridized carbons (Fsp3) is 0.0833. The predicted octanol–water partition coefficient (Wildman–Crippen LogP) is 4.80. The Balaban J connectivity index is 0.00000141. The van der Waals surface area contributed by atoms with Gasteiger partial charge in [-0.1, -0.05) is 60.7 Å².